The number of benzene rings is 2. The van der Waals surface area contributed by atoms with E-state index in [9.17, 15) is 29.8 Å². The summed E-state index contributed by atoms with van der Waals surface area (Å²) in [6.07, 6.45) is 0. The first-order valence-corrected chi connectivity index (χ1v) is 7.45. The minimum absolute atomic E-state index is 0.0304. The van der Waals surface area contributed by atoms with Crippen LogP contribution in [-0.2, 0) is 9.53 Å². The Labute approximate surface area is 152 Å². The molecule has 3 N–H and O–H groups in total. The molecule has 0 heterocycles. The molecule has 2 aromatic rings. The highest BCUT2D eigenvalue weighted by molar-refractivity contribution is 5.98. The van der Waals surface area contributed by atoms with Crippen LogP contribution >= 0.6 is 0 Å². The summed E-state index contributed by atoms with van der Waals surface area (Å²) in [5, 5.41) is 23.9. The van der Waals surface area contributed by atoms with Crippen LogP contribution in [0.25, 0.3) is 0 Å². The van der Waals surface area contributed by atoms with E-state index >= 15 is 0 Å². The van der Waals surface area contributed by atoms with Crippen LogP contribution in [0.4, 0.5) is 22.7 Å². The molecule has 140 valence electrons. The molecule has 11 nitrogen and oxygen atoms in total. The molecule has 0 aliphatic heterocycles. The number of nitrogen functional groups attached to an aromatic ring is 1. The van der Waals surface area contributed by atoms with Gasteiger partial charge in [0.25, 0.3) is 17.3 Å². The largest absolute Gasteiger partial charge is 0.452 e. The number of nitrogens with one attached hydrogen (secondary N) is 1. The standard InChI is InChI=1S/C16H14N4O7/c1-9-6-10(19(23)24)3-5-14(9)18-15(21)8-27-16(22)12-7-11(20(25)26)2-4-13(12)17/h2-7H,8,17H2,1H3,(H,18,21). The highest BCUT2D eigenvalue weighted by Crippen LogP contribution is 2.22. The number of nitro benzene ring substituents is 2. The number of esters is 1. The van der Waals surface area contributed by atoms with Crippen LogP contribution in [0.1, 0.15) is 15.9 Å². The Kier molecular flexibility index (Phi) is 5.65. The molecular weight excluding hydrogens is 360 g/mol. The van der Waals surface area contributed by atoms with Gasteiger partial charge in [0.15, 0.2) is 6.61 Å². The van der Waals surface area contributed by atoms with E-state index in [2.05, 4.69) is 5.32 Å². The summed E-state index contributed by atoms with van der Waals surface area (Å²) in [5.41, 5.74) is 5.63. The fourth-order valence-corrected chi connectivity index (χ4v) is 2.13. The number of nitrogens with zero attached hydrogens (tertiary/aromatic N) is 2. The molecule has 0 fully saturated rings. The van der Waals surface area contributed by atoms with E-state index in [0.717, 1.165) is 12.1 Å². The molecule has 0 aliphatic rings. The number of ether oxygens (including phenoxy) is 1. The average molecular weight is 374 g/mol. The van der Waals surface area contributed by atoms with Gasteiger partial charge in [-0.15, -0.1) is 0 Å². The Hall–Kier alpha value is -4.02. The lowest BCUT2D eigenvalue weighted by atomic mass is 10.1. The molecule has 1 amide bonds. The number of carbonyl (C=O) groups excluding carboxylic acids is 2. The van der Waals surface area contributed by atoms with Crippen molar-refractivity contribution in [1.82, 2.24) is 0 Å². The molecular formula is C16H14N4O7. The lowest BCUT2D eigenvalue weighted by molar-refractivity contribution is -0.385. The molecule has 0 spiro atoms. The van der Waals surface area contributed by atoms with Gasteiger partial charge in [-0.1, -0.05) is 0 Å². The van der Waals surface area contributed by atoms with Crippen molar-refractivity contribution in [2.45, 2.75) is 6.92 Å². The molecule has 0 aliphatic carbocycles. The first kappa shape index (κ1) is 19.3. The van der Waals surface area contributed by atoms with Gasteiger partial charge in [0.1, 0.15) is 0 Å². The quantitative estimate of drug-likeness (QED) is 0.335. The first-order chi connectivity index (χ1) is 12.7. The molecule has 2 rings (SSSR count). The van der Waals surface area contributed by atoms with Crippen LogP contribution in [0.5, 0.6) is 0 Å². The van der Waals surface area contributed by atoms with Gasteiger partial charge >= 0.3 is 5.97 Å². The fourth-order valence-electron chi connectivity index (χ4n) is 2.13. The van der Waals surface area contributed by atoms with E-state index in [1.807, 2.05) is 0 Å². The van der Waals surface area contributed by atoms with Crippen LogP contribution in [0.2, 0.25) is 0 Å². The van der Waals surface area contributed by atoms with E-state index in [-0.39, 0.29) is 22.6 Å². The maximum atomic E-state index is 12.0. The van der Waals surface area contributed by atoms with Crippen molar-refractivity contribution in [1.29, 1.82) is 0 Å². The third-order valence-electron chi connectivity index (χ3n) is 3.50. The molecule has 0 radical (unpaired) electrons. The minimum atomic E-state index is -0.994. The number of non-ortho nitro benzene ring substituents is 2. The number of hydrogen-bond acceptors (Lipinski definition) is 8. The van der Waals surface area contributed by atoms with Gasteiger partial charge in [0, 0.05) is 35.6 Å². The Morgan fingerprint density at radius 1 is 1.07 bits per heavy atom. The normalized spacial score (nSPS) is 10.1. The van der Waals surface area contributed by atoms with Crippen LogP contribution in [0, 0.1) is 27.2 Å². The smallest absolute Gasteiger partial charge is 0.341 e. The highest BCUT2D eigenvalue weighted by Gasteiger charge is 2.18. The predicted octanol–water partition coefficient (Wildman–Crippen LogP) is 2.19. The third kappa shape index (κ3) is 4.75. The maximum absolute atomic E-state index is 12.0. The maximum Gasteiger partial charge on any atom is 0.341 e. The van der Waals surface area contributed by atoms with Gasteiger partial charge in [-0.3, -0.25) is 25.0 Å². The highest BCUT2D eigenvalue weighted by atomic mass is 16.6. The number of nitrogens with two attached hydrogens (primary N) is 1. The molecule has 0 atom stereocenters. The molecule has 0 unspecified atom stereocenters. The number of nitro groups is 2. The second-order valence-electron chi connectivity index (χ2n) is 5.41. The van der Waals surface area contributed by atoms with Gasteiger partial charge in [0.05, 0.1) is 15.4 Å². The minimum Gasteiger partial charge on any atom is -0.452 e. The summed E-state index contributed by atoms with van der Waals surface area (Å²) >= 11 is 0. The van der Waals surface area contributed by atoms with Crippen molar-refractivity contribution in [2.75, 3.05) is 17.7 Å². The Morgan fingerprint density at radius 2 is 1.67 bits per heavy atom. The summed E-state index contributed by atoms with van der Waals surface area (Å²) in [7, 11) is 0. The molecule has 27 heavy (non-hydrogen) atoms. The van der Waals surface area contributed by atoms with Gasteiger partial charge in [0.2, 0.25) is 0 Å². The molecule has 2 aromatic carbocycles. The van der Waals surface area contributed by atoms with E-state index in [0.29, 0.717) is 11.3 Å². The van der Waals surface area contributed by atoms with Crippen molar-refractivity contribution in [3.8, 4) is 0 Å². The molecule has 0 aromatic heterocycles. The number of aryl methyl sites for hydroxylation is 1. The zero-order valence-electron chi connectivity index (χ0n) is 14.0. The summed E-state index contributed by atoms with van der Waals surface area (Å²) in [5.74, 6) is -1.68. The van der Waals surface area contributed by atoms with E-state index in [1.165, 1.54) is 24.3 Å². The van der Waals surface area contributed by atoms with Crippen LogP contribution < -0.4 is 11.1 Å². The fraction of sp³-hybridized carbons (Fsp3) is 0.125. The van der Waals surface area contributed by atoms with Crippen LogP contribution in [0.3, 0.4) is 0 Å². The SMILES string of the molecule is Cc1cc([N+](=O)[O-])ccc1NC(=O)COC(=O)c1cc([N+](=O)[O-])ccc1N. The van der Waals surface area contributed by atoms with E-state index in [1.54, 1.807) is 6.92 Å². The molecule has 0 bridgehead atoms. The second-order valence-corrected chi connectivity index (χ2v) is 5.41. The second kappa shape index (κ2) is 7.91. The van der Waals surface area contributed by atoms with Gasteiger partial charge in [-0.2, -0.15) is 0 Å². The summed E-state index contributed by atoms with van der Waals surface area (Å²) in [4.78, 5) is 44.1. The van der Waals surface area contributed by atoms with E-state index < -0.39 is 28.3 Å². The zero-order chi connectivity index (χ0) is 20.1. The lowest BCUT2D eigenvalue weighted by Crippen LogP contribution is -2.21. The number of amides is 1. The van der Waals surface area contributed by atoms with Crippen molar-refractivity contribution in [2.24, 2.45) is 0 Å². The first-order valence-electron chi connectivity index (χ1n) is 7.45. The number of rotatable bonds is 6. The van der Waals surface area contributed by atoms with Gasteiger partial charge in [-0.25, -0.2) is 4.79 Å². The number of anilines is 2. The van der Waals surface area contributed by atoms with Gasteiger partial charge in [-0.05, 0) is 24.6 Å². The average Bonchev–Trinajstić information content (AvgIpc) is 2.61. The summed E-state index contributed by atoms with van der Waals surface area (Å²) in [6, 6.07) is 7.14. The molecule has 0 saturated heterocycles. The lowest BCUT2D eigenvalue weighted by Gasteiger charge is -2.09. The Balaban J connectivity index is 2.01. The molecule has 11 heteroatoms. The predicted molar refractivity (Wildman–Crippen MR) is 94.3 cm³/mol. The number of hydrogen-bond donors (Lipinski definition) is 2. The molecule has 0 saturated carbocycles. The monoisotopic (exact) mass is 374 g/mol. The third-order valence-corrected chi connectivity index (χ3v) is 3.50. The van der Waals surface area contributed by atoms with Crippen LogP contribution in [-0.4, -0.2) is 28.3 Å². The summed E-state index contributed by atoms with van der Waals surface area (Å²) in [6.45, 7) is 0.899. The van der Waals surface area contributed by atoms with Crippen molar-refractivity contribution in [3.05, 3.63) is 67.8 Å². The topological polar surface area (TPSA) is 168 Å². The number of carbonyl (C=O) groups is 2. The van der Waals surface area contributed by atoms with Crippen molar-refractivity contribution in [3.63, 3.8) is 0 Å². The van der Waals surface area contributed by atoms with Crippen molar-refractivity contribution >= 4 is 34.6 Å². The Morgan fingerprint density at radius 3 is 2.26 bits per heavy atom. The van der Waals surface area contributed by atoms with E-state index in [4.69, 9.17) is 10.5 Å². The zero-order valence-corrected chi connectivity index (χ0v) is 14.0. The van der Waals surface area contributed by atoms with Crippen LogP contribution in [0.15, 0.2) is 36.4 Å². The van der Waals surface area contributed by atoms with Crippen molar-refractivity contribution < 1.29 is 24.2 Å². The summed E-state index contributed by atoms with van der Waals surface area (Å²) < 4.78 is 4.82. The Bertz CT molecular complexity index is 942. The van der Waals surface area contributed by atoms with Gasteiger partial charge < -0.3 is 15.8 Å².